The summed E-state index contributed by atoms with van der Waals surface area (Å²) in [7, 11) is 1.31. The molecule has 0 unspecified atom stereocenters. The lowest BCUT2D eigenvalue weighted by Gasteiger charge is -2.13. The van der Waals surface area contributed by atoms with E-state index in [0.717, 1.165) is 5.56 Å². The van der Waals surface area contributed by atoms with Gasteiger partial charge in [-0.3, -0.25) is 19.5 Å². The molecule has 9 nitrogen and oxygen atoms in total. The number of aromatic nitrogens is 2. The Labute approximate surface area is 187 Å². The maximum absolute atomic E-state index is 12.5. The van der Waals surface area contributed by atoms with Crippen LogP contribution in [0.15, 0.2) is 59.1 Å². The lowest BCUT2D eigenvalue weighted by atomic mass is 10.1. The van der Waals surface area contributed by atoms with E-state index >= 15 is 0 Å². The summed E-state index contributed by atoms with van der Waals surface area (Å²) in [6, 6.07) is 16.1. The average Bonchev–Trinajstić information content (AvgIpc) is 3.14. The highest BCUT2D eigenvalue weighted by Crippen LogP contribution is 2.25. The van der Waals surface area contributed by atoms with Crippen molar-refractivity contribution in [3.8, 4) is 0 Å². The maximum Gasteiger partial charge on any atom is 0.292 e. The first-order chi connectivity index (χ1) is 14.9. The molecule has 3 rings (SSSR count). The molecule has 3 aromatic rings. The number of H-pyrrole nitrogens is 1. The summed E-state index contributed by atoms with van der Waals surface area (Å²) >= 11 is 3.32. The normalized spacial score (nSPS) is 10.8. The number of hydrogen-bond acceptors (Lipinski definition) is 6. The number of hydrogen-bond donors (Lipinski definition) is 4. The molecule has 0 aliphatic carbocycles. The van der Waals surface area contributed by atoms with Crippen LogP contribution in [0.3, 0.4) is 0 Å². The minimum atomic E-state index is -0.412. The minimum Gasteiger partial charge on any atom is -0.471 e. The number of carbonyl (C=O) groups is 3. The van der Waals surface area contributed by atoms with Crippen LogP contribution in [0, 0.1) is 0 Å². The Bertz CT molecular complexity index is 1040. The Hall–Kier alpha value is -3.66. The van der Waals surface area contributed by atoms with Gasteiger partial charge in [0.05, 0.1) is 23.2 Å². The van der Waals surface area contributed by atoms with Gasteiger partial charge < -0.3 is 21.1 Å². The summed E-state index contributed by atoms with van der Waals surface area (Å²) in [4.78, 5) is 33.8. The predicted octanol–water partition coefficient (Wildman–Crippen LogP) is 3.29. The molecule has 1 aromatic heterocycles. The highest BCUT2D eigenvalue weighted by atomic mass is 79.9. The van der Waals surface area contributed by atoms with Crippen molar-refractivity contribution in [2.45, 2.75) is 13.0 Å². The fourth-order valence-corrected chi connectivity index (χ4v) is 2.99. The van der Waals surface area contributed by atoms with Crippen molar-refractivity contribution in [1.29, 1.82) is 0 Å². The maximum atomic E-state index is 12.5. The van der Waals surface area contributed by atoms with E-state index < -0.39 is 5.91 Å². The fraction of sp³-hybridized carbons (Fsp3) is 0.143. The van der Waals surface area contributed by atoms with Crippen molar-refractivity contribution in [2.24, 2.45) is 0 Å². The molecule has 0 bridgehead atoms. The Kier molecular flexibility index (Phi) is 8.77. The summed E-state index contributed by atoms with van der Waals surface area (Å²) in [5.74, 6) is -0.545. The molecule has 1 heterocycles. The molecule has 0 saturated heterocycles. The van der Waals surface area contributed by atoms with Crippen molar-refractivity contribution in [3.63, 3.8) is 0 Å². The zero-order valence-corrected chi connectivity index (χ0v) is 18.5. The van der Waals surface area contributed by atoms with Crippen molar-refractivity contribution in [3.05, 3.63) is 75.9 Å². The number of nitrogens with two attached hydrogens (primary N) is 1. The van der Waals surface area contributed by atoms with E-state index in [9.17, 15) is 9.59 Å². The van der Waals surface area contributed by atoms with E-state index in [1.54, 1.807) is 24.3 Å². The van der Waals surface area contributed by atoms with Crippen LogP contribution in [-0.2, 0) is 9.53 Å². The van der Waals surface area contributed by atoms with E-state index in [0.29, 0.717) is 22.2 Å². The second-order valence-electron chi connectivity index (χ2n) is 6.24. The quantitative estimate of drug-likeness (QED) is 0.310. The van der Waals surface area contributed by atoms with Gasteiger partial charge in [0.25, 0.3) is 18.3 Å². The predicted molar refractivity (Wildman–Crippen MR) is 120 cm³/mol. The second-order valence-corrected chi connectivity index (χ2v) is 7.03. The van der Waals surface area contributed by atoms with Crippen LogP contribution in [0.5, 0.6) is 0 Å². The molecule has 31 heavy (non-hydrogen) atoms. The number of aromatic amines is 1. The molecular formula is C21H22BrN5O4. The van der Waals surface area contributed by atoms with Crippen molar-refractivity contribution < 1.29 is 19.1 Å². The molecule has 2 amide bonds. The van der Waals surface area contributed by atoms with E-state index in [1.165, 1.54) is 7.11 Å². The molecular weight excluding hydrogens is 466 g/mol. The van der Waals surface area contributed by atoms with Gasteiger partial charge in [-0.25, -0.2) is 0 Å². The highest BCUT2D eigenvalue weighted by molar-refractivity contribution is 9.10. The molecule has 10 heteroatoms. The summed E-state index contributed by atoms with van der Waals surface area (Å²) < 4.78 is 4.23. The van der Waals surface area contributed by atoms with Crippen LogP contribution in [-0.4, -0.2) is 35.6 Å². The number of nitrogens with one attached hydrogen (secondary N) is 3. The lowest BCUT2D eigenvalue weighted by Crippen LogP contribution is -2.27. The SMILES string of the molecule is COC=O.C[C@H](NC(=O)c1[nH]nc(NC(=O)c2ccccc2N)c1Br)c1ccccc1. The van der Waals surface area contributed by atoms with E-state index in [4.69, 9.17) is 10.5 Å². The number of amides is 2. The zero-order chi connectivity index (χ0) is 22.8. The third-order valence-corrected chi connectivity index (χ3v) is 4.89. The van der Waals surface area contributed by atoms with Gasteiger partial charge >= 0.3 is 0 Å². The Morgan fingerprint density at radius 1 is 1.13 bits per heavy atom. The smallest absolute Gasteiger partial charge is 0.292 e. The summed E-state index contributed by atoms with van der Waals surface area (Å²) in [5, 5.41) is 12.2. The standard InChI is InChI=1S/C19H18BrN5O2.C2H4O2/c1-11(12-7-3-2-4-8-12)22-19(27)16-15(20)17(25-24-16)23-18(26)13-9-5-6-10-14(13)21;1-4-2-3/h2-11H,21H2,1H3,(H,22,27)(H2,23,24,25,26);2H,1H3/t11-;/m0./s1. The van der Waals surface area contributed by atoms with Crippen LogP contribution in [0.1, 0.15) is 39.4 Å². The number of anilines is 2. The minimum absolute atomic E-state index is 0.184. The van der Waals surface area contributed by atoms with Gasteiger partial charge in [0.15, 0.2) is 5.82 Å². The van der Waals surface area contributed by atoms with Crippen LogP contribution >= 0.6 is 15.9 Å². The average molecular weight is 488 g/mol. The third-order valence-electron chi connectivity index (χ3n) is 4.11. The molecule has 0 aliphatic heterocycles. The molecule has 0 fully saturated rings. The monoisotopic (exact) mass is 487 g/mol. The molecule has 162 valence electrons. The van der Waals surface area contributed by atoms with E-state index in [2.05, 4.69) is 41.5 Å². The number of para-hydroxylation sites is 1. The molecule has 1 atom stereocenters. The van der Waals surface area contributed by atoms with Gasteiger partial charge in [0.2, 0.25) is 0 Å². The number of ether oxygens (including phenoxy) is 1. The van der Waals surface area contributed by atoms with Gasteiger partial charge in [0.1, 0.15) is 5.69 Å². The molecule has 0 radical (unpaired) electrons. The number of benzene rings is 2. The van der Waals surface area contributed by atoms with E-state index in [1.807, 2.05) is 37.3 Å². The first-order valence-electron chi connectivity index (χ1n) is 9.11. The Balaban J connectivity index is 0.000000785. The number of nitrogens with zero attached hydrogens (tertiary/aromatic N) is 1. The van der Waals surface area contributed by atoms with Crippen molar-refractivity contribution in [2.75, 3.05) is 18.2 Å². The van der Waals surface area contributed by atoms with E-state index in [-0.39, 0.29) is 23.5 Å². The number of rotatable bonds is 6. The molecule has 0 spiro atoms. The van der Waals surface area contributed by atoms with Gasteiger partial charge in [-0.1, -0.05) is 42.5 Å². The molecule has 2 aromatic carbocycles. The molecule has 5 N–H and O–H groups in total. The fourth-order valence-electron chi connectivity index (χ4n) is 2.53. The van der Waals surface area contributed by atoms with Gasteiger partial charge in [-0.2, -0.15) is 5.10 Å². The third kappa shape index (κ3) is 6.41. The number of halogens is 1. The first kappa shape index (κ1) is 23.6. The summed E-state index contributed by atoms with van der Waals surface area (Å²) in [5.41, 5.74) is 7.70. The second kappa shape index (κ2) is 11.5. The molecule has 0 saturated carbocycles. The Morgan fingerprint density at radius 3 is 2.35 bits per heavy atom. The lowest BCUT2D eigenvalue weighted by molar-refractivity contribution is -0.126. The number of methoxy groups -OCH3 is 1. The van der Waals surface area contributed by atoms with Crippen LogP contribution in [0.2, 0.25) is 0 Å². The van der Waals surface area contributed by atoms with Crippen LogP contribution in [0.25, 0.3) is 0 Å². The Morgan fingerprint density at radius 2 is 1.74 bits per heavy atom. The summed E-state index contributed by atoms with van der Waals surface area (Å²) in [6.07, 6.45) is 0. The topological polar surface area (TPSA) is 139 Å². The van der Waals surface area contributed by atoms with Gasteiger partial charge in [0, 0.05) is 5.69 Å². The zero-order valence-electron chi connectivity index (χ0n) is 16.9. The summed E-state index contributed by atoms with van der Waals surface area (Å²) in [6.45, 7) is 2.26. The van der Waals surface area contributed by atoms with Gasteiger partial charge in [-0.05, 0) is 40.5 Å². The van der Waals surface area contributed by atoms with Gasteiger partial charge in [-0.15, -0.1) is 0 Å². The van der Waals surface area contributed by atoms with Crippen molar-refractivity contribution >= 4 is 45.7 Å². The largest absolute Gasteiger partial charge is 0.471 e. The molecule has 0 aliphatic rings. The van der Waals surface area contributed by atoms with Crippen LogP contribution < -0.4 is 16.4 Å². The first-order valence-corrected chi connectivity index (χ1v) is 9.90. The number of carbonyl (C=O) groups excluding carboxylic acids is 3. The highest BCUT2D eigenvalue weighted by Gasteiger charge is 2.21. The number of nitrogen functional groups attached to an aromatic ring is 1. The van der Waals surface area contributed by atoms with Crippen LogP contribution in [0.4, 0.5) is 11.5 Å². The van der Waals surface area contributed by atoms with Crippen molar-refractivity contribution in [1.82, 2.24) is 15.5 Å².